The lowest BCUT2D eigenvalue weighted by atomic mass is 10.0. The van der Waals surface area contributed by atoms with Gasteiger partial charge in [-0.1, -0.05) is 84.0 Å². The molecule has 2 nitrogen and oxygen atoms in total. The molecular formula is C18H38O2. The fourth-order valence-corrected chi connectivity index (χ4v) is 2.68. The second kappa shape index (κ2) is 17.0. The molecule has 2 heteroatoms. The molecule has 0 heterocycles. The summed E-state index contributed by atoms with van der Waals surface area (Å²) in [7, 11) is 0. The summed E-state index contributed by atoms with van der Waals surface area (Å²) in [4.78, 5) is 0. The lowest BCUT2D eigenvalue weighted by molar-refractivity contribution is 0.147. The summed E-state index contributed by atoms with van der Waals surface area (Å²) in [6.07, 6.45) is 18.3. The van der Waals surface area contributed by atoms with Crippen molar-refractivity contribution in [3.8, 4) is 0 Å². The minimum atomic E-state index is -0.0481. The lowest BCUT2D eigenvalue weighted by Crippen LogP contribution is -2.05. The molecule has 122 valence electrons. The molecule has 2 N–H and O–H groups in total. The van der Waals surface area contributed by atoms with Crippen molar-refractivity contribution in [2.24, 2.45) is 0 Å². The van der Waals surface area contributed by atoms with Crippen LogP contribution in [0.4, 0.5) is 0 Å². The minimum absolute atomic E-state index is 0.0481. The third-order valence-corrected chi connectivity index (χ3v) is 4.09. The minimum Gasteiger partial charge on any atom is -0.396 e. The first kappa shape index (κ1) is 19.9. The standard InChI is InChI=1S/C18H38O2/c1-2-3-12-15-18(20)16-13-10-8-6-4-5-7-9-11-14-17-19/h18-20H,2-17H2,1H3. The first-order valence-electron chi connectivity index (χ1n) is 9.10. The van der Waals surface area contributed by atoms with Crippen molar-refractivity contribution in [2.75, 3.05) is 6.61 Å². The van der Waals surface area contributed by atoms with Crippen molar-refractivity contribution in [3.05, 3.63) is 0 Å². The van der Waals surface area contributed by atoms with Crippen LogP contribution in [-0.4, -0.2) is 22.9 Å². The fraction of sp³-hybridized carbons (Fsp3) is 1.00. The van der Waals surface area contributed by atoms with Crippen LogP contribution >= 0.6 is 0 Å². The van der Waals surface area contributed by atoms with E-state index in [4.69, 9.17) is 5.11 Å². The molecule has 0 aliphatic rings. The van der Waals surface area contributed by atoms with E-state index in [0.717, 1.165) is 19.3 Å². The SMILES string of the molecule is CCCCCC(O)CCCCCCCCCCCCO. The zero-order valence-corrected chi connectivity index (χ0v) is 13.8. The fourth-order valence-electron chi connectivity index (χ4n) is 2.68. The van der Waals surface area contributed by atoms with Crippen LogP contribution in [0.25, 0.3) is 0 Å². The number of rotatable bonds is 16. The molecule has 20 heavy (non-hydrogen) atoms. The van der Waals surface area contributed by atoms with Gasteiger partial charge in [-0.05, 0) is 19.3 Å². The van der Waals surface area contributed by atoms with E-state index >= 15 is 0 Å². The van der Waals surface area contributed by atoms with Gasteiger partial charge < -0.3 is 10.2 Å². The summed E-state index contributed by atoms with van der Waals surface area (Å²) in [6.45, 7) is 2.56. The third kappa shape index (κ3) is 16.0. The van der Waals surface area contributed by atoms with E-state index < -0.39 is 0 Å². The van der Waals surface area contributed by atoms with E-state index in [0.29, 0.717) is 6.61 Å². The molecule has 0 aromatic carbocycles. The van der Waals surface area contributed by atoms with Gasteiger partial charge >= 0.3 is 0 Å². The van der Waals surface area contributed by atoms with E-state index in [1.54, 1.807) is 0 Å². The molecule has 1 unspecified atom stereocenters. The van der Waals surface area contributed by atoms with Gasteiger partial charge in [0.2, 0.25) is 0 Å². The van der Waals surface area contributed by atoms with Crippen LogP contribution in [0.3, 0.4) is 0 Å². The summed E-state index contributed by atoms with van der Waals surface area (Å²) >= 11 is 0. The Labute approximate surface area is 127 Å². The van der Waals surface area contributed by atoms with Crippen LogP contribution in [0.15, 0.2) is 0 Å². The Kier molecular flexibility index (Phi) is 16.9. The lowest BCUT2D eigenvalue weighted by Gasteiger charge is -2.09. The van der Waals surface area contributed by atoms with Gasteiger partial charge in [0.1, 0.15) is 0 Å². The molecule has 0 fully saturated rings. The Balaban J connectivity index is 3.05. The van der Waals surface area contributed by atoms with Crippen molar-refractivity contribution in [1.82, 2.24) is 0 Å². The summed E-state index contributed by atoms with van der Waals surface area (Å²) in [5.41, 5.74) is 0. The monoisotopic (exact) mass is 286 g/mol. The average molecular weight is 286 g/mol. The summed E-state index contributed by atoms with van der Waals surface area (Å²) in [5.74, 6) is 0. The molecule has 0 aliphatic heterocycles. The van der Waals surface area contributed by atoms with Crippen molar-refractivity contribution in [3.63, 3.8) is 0 Å². The predicted octanol–water partition coefficient (Wildman–Crippen LogP) is 5.21. The molecule has 1 atom stereocenters. The van der Waals surface area contributed by atoms with Crippen molar-refractivity contribution >= 4 is 0 Å². The van der Waals surface area contributed by atoms with Gasteiger partial charge in [-0.15, -0.1) is 0 Å². The molecule has 0 saturated heterocycles. The Hall–Kier alpha value is -0.0800. The Bertz CT molecular complexity index is 171. The smallest absolute Gasteiger partial charge is 0.0540 e. The van der Waals surface area contributed by atoms with E-state index in [1.165, 1.54) is 77.0 Å². The Morgan fingerprint density at radius 2 is 1.00 bits per heavy atom. The molecule has 0 bridgehead atoms. The molecule has 0 aliphatic carbocycles. The maximum atomic E-state index is 9.80. The zero-order valence-electron chi connectivity index (χ0n) is 13.8. The van der Waals surface area contributed by atoms with Crippen LogP contribution in [0, 0.1) is 0 Å². The van der Waals surface area contributed by atoms with E-state index in [9.17, 15) is 5.11 Å². The molecular weight excluding hydrogens is 248 g/mol. The van der Waals surface area contributed by atoms with Crippen molar-refractivity contribution in [2.45, 2.75) is 109 Å². The average Bonchev–Trinajstić information content (AvgIpc) is 2.45. The van der Waals surface area contributed by atoms with Gasteiger partial charge in [-0.3, -0.25) is 0 Å². The maximum absolute atomic E-state index is 9.80. The van der Waals surface area contributed by atoms with Gasteiger partial charge in [0.25, 0.3) is 0 Å². The zero-order chi connectivity index (χ0) is 14.9. The molecule has 0 saturated carbocycles. The molecule has 0 rings (SSSR count). The van der Waals surface area contributed by atoms with Crippen LogP contribution in [0.1, 0.15) is 103 Å². The molecule has 0 aromatic heterocycles. The quantitative estimate of drug-likeness (QED) is 0.382. The number of aliphatic hydroxyl groups is 2. The number of aliphatic hydroxyl groups excluding tert-OH is 2. The summed E-state index contributed by atoms with van der Waals surface area (Å²) < 4.78 is 0. The van der Waals surface area contributed by atoms with Crippen LogP contribution in [0.5, 0.6) is 0 Å². The van der Waals surface area contributed by atoms with Crippen LogP contribution < -0.4 is 0 Å². The predicted molar refractivity (Wildman–Crippen MR) is 88.0 cm³/mol. The largest absolute Gasteiger partial charge is 0.396 e. The number of unbranched alkanes of at least 4 members (excludes halogenated alkanes) is 11. The highest BCUT2D eigenvalue weighted by atomic mass is 16.3. The van der Waals surface area contributed by atoms with Crippen molar-refractivity contribution < 1.29 is 10.2 Å². The number of hydrogen-bond donors (Lipinski definition) is 2. The molecule has 0 radical (unpaired) electrons. The topological polar surface area (TPSA) is 40.5 Å². The second-order valence-corrected chi connectivity index (χ2v) is 6.20. The van der Waals surface area contributed by atoms with E-state index in [-0.39, 0.29) is 6.10 Å². The van der Waals surface area contributed by atoms with Gasteiger partial charge in [0, 0.05) is 6.61 Å². The van der Waals surface area contributed by atoms with Gasteiger partial charge in [0.15, 0.2) is 0 Å². The van der Waals surface area contributed by atoms with Crippen LogP contribution in [0.2, 0.25) is 0 Å². The van der Waals surface area contributed by atoms with Gasteiger partial charge in [0.05, 0.1) is 6.10 Å². The Morgan fingerprint density at radius 3 is 1.45 bits per heavy atom. The normalized spacial score (nSPS) is 12.8. The van der Waals surface area contributed by atoms with E-state index in [1.807, 2.05) is 0 Å². The van der Waals surface area contributed by atoms with E-state index in [2.05, 4.69) is 6.92 Å². The van der Waals surface area contributed by atoms with Gasteiger partial charge in [-0.25, -0.2) is 0 Å². The highest BCUT2D eigenvalue weighted by Crippen LogP contribution is 2.14. The highest BCUT2D eigenvalue weighted by molar-refractivity contribution is 4.57. The maximum Gasteiger partial charge on any atom is 0.0540 e. The summed E-state index contributed by atoms with van der Waals surface area (Å²) in [5, 5.41) is 18.5. The first-order valence-corrected chi connectivity index (χ1v) is 9.10. The molecule has 0 spiro atoms. The molecule has 0 amide bonds. The first-order chi connectivity index (χ1) is 9.81. The Morgan fingerprint density at radius 1 is 0.600 bits per heavy atom. The van der Waals surface area contributed by atoms with Crippen LogP contribution in [-0.2, 0) is 0 Å². The summed E-state index contributed by atoms with van der Waals surface area (Å²) in [6, 6.07) is 0. The number of hydrogen-bond acceptors (Lipinski definition) is 2. The third-order valence-electron chi connectivity index (χ3n) is 4.09. The molecule has 0 aromatic rings. The van der Waals surface area contributed by atoms with Gasteiger partial charge in [-0.2, -0.15) is 0 Å². The second-order valence-electron chi connectivity index (χ2n) is 6.20. The highest BCUT2D eigenvalue weighted by Gasteiger charge is 2.03. The van der Waals surface area contributed by atoms with Crippen molar-refractivity contribution in [1.29, 1.82) is 0 Å².